The molecule has 0 saturated carbocycles. The van der Waals surface area contributed by atoms with Gasteiger partial charge in [-0.05, 0) is 67.9 Å². The maximum absolute atomic E-state index is 13.2. The minimum absolute atomic E-state index is 0.0849. The third-order valence-corrected chi connectivity index (χ3v) is 4.14. The molecule has 0 radical (unpaired) electrons. The van der Waals surface area contributed by atoms with Crippen molar-refractivity contribution in [2.45, 2.75) is 26.5 Å². The molecule has 144 valence electrons. The van der Waals surface area contributed by atoms with Gasteiger partial charge in [-0.15, -0.1) is 0 Å². The molecule has 0 fully saturated rings. The molecule has 0 spiro atoms. The molecule has 0 atom stereocenters. The second-order valence-electron chi connectivity index (χ2n) is 6.62. The fraction of sp³-hybridized carbons (Fsp3) is 0.217. The van der Waals surface area contributed by atoms with Crippen LogP contribution in [0.25, 0.3) is 0 Å². The number of rotatable bonds is 7. The molecule has 0 aliphatic heterocycles. The quantitative estimate of drug-likeness (QED) is 0.598. The van der Waals surface area contributed by atoms with Crippen molar-refractivity contribution in [1.82, 2.24) is 4.98 Å². The fourth-order valence-electron chi connectivity index (χ4n) is 2.79. The summed E-state index contributed by atoms with van der Waals surface area (Å²) in [6, 6.07) is 20.4. The largest absolute Gasteiger partial charge is 0.497 e. The predicted octanol–water partition coefficient (Wildman–Crippen LogP) is 4.72. The molecule has 0 bridgehead atoms. The maximum atomic E-state index is 13.2. The number of hydrogen-bond acceptors (Lipinski definition) is 4. The number of hydrogen-bond donors (Lipinski definition) is 0. The first-order valence-corrected chi connectivity index (χ1v) is 9.19. The van der Waals surface area contributed by atoms with Crippen LogP contribution >= 0.6 is 0 Å². The van der Waals surface area contributed by atoms with E-state index in [0.29, 0.717) is 17.9 Å². The van der Waals surface area contributed by atoms with Gasteiger partial charge in [0.25, 0.3) is 5.91 Å². The molecule has 1 aromatic heterocycles. The number of amides is 1. The molecule has 1 heterocycles. The van der Waals surface area contributed by atoms with Crippen molar-refractivity contribution in [3.8, 4) is 11.5 Å². The van der Waals surface area contributed by atoms with Gasteiger partial charge in [-0.2, -0.15) is 0 Å². The van der Waals surface area contributed by atoms with E-state index in [1.54, 1.807) is 30.3 Å². The first-order chi connectivity index (χ1) is 13.6. The third kappa shape index (κ3) is 4.88. The van der Waals surface area contributed by atoms with E-state index in [9.17, 15) is 4.79 Å². The van der Waals surface area contributed by atoms with E-state index in [1.807, 2.05) is 68.4 Å². The molecule has 2 aromatic carbocycles. The number of ether oxygens (including phenoxy) is 2. The molecule has 0 aliphatic carbocycles. The average Bonchev–Trinajstić information content (AvgIpc) is 2.73. The Kier molecular flexibility index (Phi) is 6.27. The number of aromatic nitrogens is 1. The van der Waals surface area contributed by atoms with Gasteiger partial charge in [-0.3, -0.25) is 9.69 Å². The Morgan fingerprint density at radius 2 is 1.64 bits per heavy atom. The molecule has 1 amide bonds. The van der Waals surface area contributed by atoms with Crippen LogP contribution in [0.2, 0.25) is 0 Å². The number of nitrogens with zero attached hydrogens (tertiary/aromatic N) is 2. The molecule has 3 aromatic rings. The summed E-state index contributed by atoms with van der Waals surface area (Å²) in [5.41, 5.74) is 1.56. The Morgan fingerprint density at radius 1 is 0.964 bits per heavy atom. The van der Waals surface area contributed by atoms with E-state index in [0.717, 1.165) is 17.1 Å². The van der Waals surface area contributed by atoms with Crippen LogP contribution in [0.3, 0.4) is 0 Å². The van der Waals surface area contributed by atoms with Gasteiger partial charge in [0.2, 0.25) is 0 Å². The summed E-state index contributed by atoms with van der Waals surface area (Å²) >= 11 is 0. The summed E-state index contributed by atoms with van der Waals surface area (Å²) in [7, 11) is 1.63. The summed E-state index contributed by atoms with van der Waals surface area (Å²) in [5.74, 6) is 2.00. The van der Waals surface area contributed by atoms with Crippen molar-refractivity contribution in [1.29, 1.82) is 0 Å². The zero-order valence-corrected chi connectivity index (χ0v) is 16.3. The molecule has 0 saturated heterocycles. The number of anilines is 1. The second kappa shape index (κ2) is 9.04. The lowest BCUT2D eigenvalue weighted by Crippen LogP contribution is -2.31. The van der Waals surface area contributed by atoms with Crippen molar-refractivity contribution in [3.63, 3.8) is 0 Å². The van der Waals surface area contributed by atoms with Crippen LogP contribution in [0.1, 0.15) is 29.8 Å². The highest BCUT2D eigenvalue weighted by Gasteiger charge is 2.19. The zero-order valence-electron chi connectivity index (χ0n) is 16.3. The summed E-state index contributed by atoms with van der Waals surface area (Å²) in [6.45, 7) is 4.34. The van der Waals surface area contributed by atoms with Crippen LogP contribution in [0.15, 0.2) is 72.9 Å². The number of pyridine rings is 1. The number of carbonyl (C=O) groups is 1. The number of carbonyl (C=O) groups excluding carboxylic acids is 1. The van der Waals surface area contributed by atoms with Crippen molar-refractivity contribution in [3.05, 3.63) is 84.1 Å². The van der Waals surface area contributed by atoms with Crippen molar-refractivity contribution >= 4 is 11.7 Å². The van der Waals surface area contributed by atoms with Gasteiger partial charge in [0.1, 0.15) is 17.3 Å². The van der Waals surface area contributed by atoms with Crippen molar-refractivity contribution < 1.29 is 14.3 Å². The van der Waals surface area contributed by atoms with Crippen LogP contribution in [0.5, 0.6) is 11.5 Å². The molecule has 0 N–H and O–H groups in total. The van der Waals surface area contributed by atoms with Crippen molar-refractivity contribution in [2.75, 3.05) is 12.0 Å². The second-order valence-corrected chi connectivity index (χ2v) is 6.62. The maximum Gasteiger partial charge on any atom is 0.259 e. The van der Waals surface area contributed by atoms with Gasteiger partial charge in [0, 0.05) is 11.8 Å². The molecular weight excluding hydrogens is 352 g/mol. The molecule has 3 rings (SSSR count). The fourth-order valence-corrected chi connectivity index (χ4v) is 2.79. The minimum Gasteiger partial charge on any atom is -0.497 e. The molecular formula is C23H24N2O3. The van der Waals surface area contributed by atoms with Crippen LogP contribution in [-0.4, -0.2) is 24.1 Å². The van der Waals surface area contributed by atoms with Crippen LogP contribution in [0.4, 0.5) is 5.82 Å². The Labute approximate surface area is 165 Å². The highest BCUT2D eigenvalue weighted by Crippen LogP contribution is 2.21. The van der Waals surface area contributed by atoms with Crippen LogP contribution in [0, 0.1) is 0 Å². The minimum atomic E-state index is -0.120. The van der Waals surface area contributed by atoms with E-state index in [4.69, 9.17) is 9.47 Å². The standard InChI is InChI=1S/C23H24N2O3/c1-17(2)28-21-13-9-19(10-14-21)23(26)25(22-6-4-5-15-24-22)16-18-7-11-20(27-3)12-8-18/h4-15,17H,16H2,1-3H3. The Balaban J connectivity index is 1.86. The summed E-state index contributed by atoms with van der Waals surface area (Å²) in [5, 5.41) is 0. The molecule has 0 aliphatic rings. The van der Waals surface area contributed by atoms with E-state index >= 15 is 0 Å². The summed E-state index contributed by atoms with van der Waals surface area (Å²) in [6.07, 6.45) is 1.77. The zero-order chi connectivity index (χ0) is 19.9. The van der Waals surface area contributed by atoms with E-state index in [1.165, 1.54) is 0 Å². The normalized spacial score (nSPS) is 10.6. The van der Waals surface area contributed by atoms with Crippen LogP contribution in [-0.2, 0) is 6.54 Å². The number of methoxy groups -OCH3 is 1. The van der Waals surface area contributed by atoms with E-state index in [2.05, 4.69) is 4.98 Å². The van der Waals surface area contributed by atoms with E-state index < -0.39 is 0 Å². The van der Waals surface area contributed by atoms with Gasteiger partial charge in [0.15, 0.2) is 0 Å². The Morgan fingerprint density at radius 3 is 2.21 bits per heavy atom. The van der Waals surface area contributed by atoms with Crippen molar-refractivity contribution in [2.24, 2.45) is 0 Å². The first kappa shape index (κ1) is 19.4. The first-order valence-electron chi connectivity index (χ1n) is 9.19. The number of benzene rings is 2. The third-order valence-electron chi connectivity index (χ3n) is 4.14. The highest BCUT2D eigenvalue weighted by molar-refractivity contribution is 6.05. The summed E-state index contributed by atoms with van der Waals surface area (Å²) in [4.78, 5) is 19.3. The summed E-state index contributed by atoms with van der Waals surface area (Å²) < 4.78 is 10.9. The lowest BCUT2D eigenvalue weighted by molar-refractivity contribution is 0.0984. The van der Waals surface area contributed by atoms with Gasteiger partial charge in [0.05, 0.1) is 19.8 Å². The topological polar surface area (TPSA) is 51.7 Å². The Bertz CT molecular complexity index is 891. The molecule has 0 unspecified atom stereocenters. The lowest BCUT2D eigenvalue weighted by Gasteiger charge is -2.22. The SMILES string of the molecule is COc1ccc(CN(C(=O)c2ccc(OC(C)C)cc2)c2ccccn2)cc1. The highest BCUT2D eigenvalue weighted by atomic mass is 16.5. The molecule has 5 heteroatoms. The van der Waals surface area contributed by atoms with Gasteiger partial charge in [-0.25, -0.2) is 4.98 Å². The monoisotopic (exact) mass is 376 g/mol. The van der Waals surface area contributed by atoms with E-state index in [-0.39, 0.29) is 12.0 Å². The van der Waals surface area contributed by atoms with Gasteiger partial charge >= 0.3 is 0 Å². The van der Waals surface area contributed by atoms with Gasteiger partial charge < -0.3 is 9.47 Å². The van der Waals surface area contributed by atoms with Crippen LogP contribution < -0.4 is 14.4 Å². The Hall–Kier alpha value is -3.34. The molecule has 28 heavy (non-hydrogen) atoms. The lowest BCUT2D eigenvalue weighted by atomic mass is 10.1. The predicted molar refractivity (Wildman–Crippen MR) is 110 cm³/mol. The smallest absolute Gasteiger partial charge is 0.259 e. The molecule has 5 nitrogen and oxygen atoms in total. The van der Waals surface area contributed by atoms with Gasteiger partial charge in [-0.1, -0.05) is 18.2 Å². The average molecular weight is 376 g/mol.